The van der Waals surface area contributed by atoms with E-state index in [1.807, 2.05) is 0 Å². The van der Waals surface area contributed by atoms with Crippen molar-refractivity contribution < 1.29 is 4.74 Å². The first-order chi connectivity index (χ1) is 9.95. The average Bonchev–Trinajstić information content (AvgIpc) is 2.38. The fraction of sp³-hybridized carbons (Fsp3) is 0.600. The lowest BCUT2D eigenvalue weighted by Crippen LogP contribution is -1.92. The van der Waals surface area contributed by atoms with Gasteiger partial charge in [-0.15, -0.1) is 0 Å². The molecule has 0 unspecified atom stereocenters. The first kappa shape index (κ1) is 19.9. The second-order valence-corrected chi connectivity index (χ2v) is 6.18. The third-order valence-corrected chi connectivity index (χ3v) is 3.46. The van der Waals surface area contributed by atoms with Crippen molar-refractivity contribution in [2.75, 3.05) is 13.7 Å². The van der Waals surface area contributed by atoms with Gasteiger partial charge in [-0.2, -0.15) is 0 Å². The van der Waals surface area contributed by atoms with Crippen LogP contribution in [0.4, 0.5) is 0 Å². The summed E-state index contributed by atoms with van der Waals surface area (Å²) in [6.07, 6.45) is 13.8. The first-order valence-corrected chi connectivity index (χ1v) is 8.06. The van der Waals surface area contributed by atoms with E-state index >= 15 is 0 Å². The molecule has 0 aliphatic carbocycles. The van der Waals surface area contributed by atoms with E-state index in [4.69, 9.17) is 4.74 Å². The highest BCUT2D eigenvalue weighted by molar-refractivity contribution is 5.06. The average molecular weight is 290 g/mol. The van der Waals surface area contributed by atoms with Gasteiger partial charge in [-0.1, -0.05) is 47.1 Å². The highest BCUT2D eigenvalue weighted by atomic mass is 16.5. The van der Waals surface area contributed by atoms with E-state index in [1.165, 1.54) is 35.1 Å². The number of rotatable bonds is 11. The van der Waals surface area contributed by atoms with E-state index in [0.717, 1.165) is 25.7 Å². The van der Waals surface area contributed by atoms with Gasteiger partial charge in [-0.25, -0.2) is 0 Å². The highest BCUT2D eigenvalue weighted by Gasteiger charge is 1.94. The van der Waals surface area contributed by atoms with Crippen LogP contribution in [0.15, 0.2) is 47.1 Å². The minimum absolute atomic E-state index is 0.681. The van der Waals surface area contributed by atoms with Crippen LogP contribution in [-0.2, 0) is 4.74 Å². The number of allylic oxidation sites excluding steroid dienone is 6. The molecule has 1 nitrogen and oxygen atoms in total. The normalized spacial score (nSPS) is 12.4. The Morgan fingerprint density at radius 1 is 0.810 bits per heavy atom. The van der Waals surface area contributed by atoms with Gasteiger partial charge in [0.05, 0.1) is 6.61 Å². The van der Waals surface area contributed by atoms with Crippen molar-refractivity contribution in [3.05, 3.63) is 47.1 Å². The van der Waals surface area contributed by atoms with Gasteiger partial charge in [-0.3, -0.25) is 0 Å². The minimum Gasteiger partial charge on any atom is -0.380 e. The van der Waals surface area contributed by atoms with E-state index < -0.39 is 0 Å². The lowest BCUT2D eigenvalue weighted by atomic mass is 10.0. The molecule has 21 heavy (non-hydrogen) atoms. The summed E-state index contributed by atoms with van der Waals surface area (Å²) in [7, 11) is 1.72. The molecule has 0 fully saturated rings. The molecule has 0 aromatic heterocycles. The molecule has 1 heteroatoms. The first-order valence-electron chi connectivity index (χ1n) is 8.06. The Hall–Kier alpha value is -1.08. The van der Waals surface area contributed by atoms with Gasteiger partial charge in [0.2, 0.25) is 0 Å². The summed E-state index contributed by atoms with van der Waals surface area (Å²) in [5.41, 5.74) is 5.58. The van der Waals surface area contributed by atoms with Gasteiger partial charge in [0, 0.05) is 7.11 Å². The molecule has 0 radical (unpaired) electrons. The van der Waals surface area contributed by atoms with E-state index in [9.17, 15) is 0 Å². The van der Waals surface area contributed by atoms with Gasteiger partial charge in [0.1, 0.15) is 0 Å². The summed E-state index contributed by atoms with van der Waals surface area (Å²) >= 11 is 0. The summed E-state index contributed by atoms with van der Waals surface area (Å²) in [4.78, 5) is 0. The van der Waals surface area contributed by atoms with Crippen molar-refractivity contribution in [2.45, 2.75) is 66.2 Å². The second-order valence-electron chi connectivity index (χ2n) is 6.18. The third-order valence-electron chi connectivity index (χ3n) is 3.46. The predicted molar refractivity (Wildman–Crippen MR) is 95.7 cm³/mol. The highest BCUT2D eigenvalue weighted by Crippen LogP contribution is 2.13. The molecule has 0 aliphatic rings. The van der Waals surface area contributed by atoms with Crippen molar-refractivity contribution in [1.29, 1.82) is 0 Å². The second kappa shape index (κ2) is 12.6. The van der Waals surface area contributed by atoms with Gasteiger partial charge in [0.15, 0.2) is 0 Å². The van der Waals surface area contributed by atoms with Crippen molar-refractivity contribution in [2.24, 2.45) is 0 Å². The molecule has 0 N–H and O–H groups in total. The standard InChI is InChI=1S/C20H34O/c1-17(2)10-7-11-18(3)12-8-13-19(4)14-9-15-20(5)16-21-6/h10,12,14H,5,7-9,11,13,15-16H2,1-4,6H3/b18-12+,19-14+. The van der Waals surface area contributed by atoms with Gasteiger partial charge >= 0.3 is 0 Å². The zero-order chi connectivity index (χ0) is 16.1. The van der Waals surface area contributed by atoms with Gasteiger partial charge in [0.25, 0.3) is 0 Å². The lowest BCUT2D eigenvalue weighted by Gasteiger charge is -2.03. The van der Waals surface area contributed by atoms with Crippen molar-refractivity contribution >= 4 is 0 Å². The van der Waals surface area contributed by atoms with E-state index in [1.54, 1.807) is 7.11 Å². The fourth-order valence-electron chi connectivity index (χ4n) is 2.14. The van der Waals surface area contributed by atoms with Crippen molar-refractivity contribution in [1.82, 2.24) is 0 Å². The number of hydrogen-bond donors (Lipinski definition) is 0. The molecule has 0 saturated carbocycles. The minimum atomic E-state index is 0.681. The largest absolute Gasteiger partial charge is 0.380 e. The maximum atomic E-state index is 5.07. The smallest absolute Gasteiger partial charge is 0.0670 e. The Morgan fingerprint density at radius 2 is 1.29 bits per heavy atom. The van der Waals surface area contributed by atoms with Crippen molar-refractivity contribution in [3.63, 3.8) is 0 Å². The monoisotopic (exact) mass is 290 g/mol. The molecule has 0 aromatic carbocycles. The Balaban J connectivity index is 3.88. The van der Waals surface area contributed by atoms with Crippen LogP contribution in [0.1, 0.15) is 66.2 Å². The van der Waals surface area contributed by atoms with Crippen LogP contribution in [0.2, 0.25) is 0 Å². The fourth-order valence-corrected chi connectivity index (χ4v) is 2.14. The summed E-state index contributed by atoms with van der Waals surface area (Å²) in [6, 6.07) is 0. The zero-order valence-electron chi connectivity index (χ0n) is 14.8. The maximum absolute atomic E-state index is 5.07. The molecule has 0 heterocycles. The van der Waals surface area contributed by atoms with Crippen LogP contribution in [0.25, 0.3) is 0 Å². The topological polar surface area (TPSA) is 9.23 Å². The van der Waals surface area contributed by atoms with Crippen LogP contribution < -0.4 is 0 Å². The quantitative estimate of drug-likeness (QED) is 0.401. The van der Waals surface area contributed by atoms with E-state index in [2.05, 4.69) is 52.5 Å². The third kappa shape index (κ3) is 13.7. The van der Waals surface area contributed by atoms with E-state index in [-0.39, 0.29) is 0 Å². The van der Waals surface area contributed by atoms with Crippen LogP contribution in [-0.4, -0.2) is 13.7 Å². The summed E-state index contributed by atoms with van der Waals surface area (Å²) in [5, 5.41) is 0. The van der Waals surface area contributed by atoms with Gasteiger partial charge in [-0.05, 0) is 66.2 Å². The number of methoxy groups -OCH3 is 1. The molecule has 0 atom stereocenters. The molecule has 0 rings (SSSR count). The van der Waals surface area contributed by atoms with E-state index in [0.29, 0.717) is 6.61 Å². The molecule has 0 spiro atoms. The summed E-state index contributed by atoms with van der Waals surface area (Å²) < 4.78 is 5.07. The molecule has 0 amide bonds. The molecular formula is C20H34O. The number of ether oxygens (including phenoxy) is 1. The molecule has 120 valence electrons. The van der Waals surface area contributed by atoms with Crippen molar-refractivity contribution in [3.8, 4) is 0 Å². The lowest BCUT2D eigenvalue weighted by molar-refractivity contribution is 0.223. The maximum Gasteiger partial charge on any atom is 0.0670 e. The molecule has 0 aliphatic heterocycles. The zero-order valence-corrected chi connectivity index (χ0v) is 14.8. The molecule has 0 saturated heterocycles. The molecular weight excluding hydrogens is 256 g/mol. The van der Waals surface area contributed by atoms with Crippen LogP contribution in [0, 0.1) is 0 Å². The predicted octanol–water partition coefficient (Wildman–Crippen LogP) is 6.39. The van der Waals surface area contributed by atoms with Gasteiger partial charge < -0.3 is 4.74 Å². The van der Waals surface area contributed by atoms with Crippen LogP contribution >= 0.6 is 0 Å². The molecule has 0 aromatic rings. The summed E-state index contributed by atoms with van der Waals surface area (Å²) in [5.74, 6) is 0. The number of hydrogen-bond acceptors (Lipinski definition) is 1. The Morgan fingerprint density at radius 3 is 1.76 bits per heavy atom. The van der Waals surface area contributed by atoms with Crippen LogP contribution in [0.5, 0.6) is 0 Å². The summed E-state index contributed by atoms with van der Waals surface area (Å²) in [6.45, 7) is 13.5. The Labute approximate surface area is 132 Å². The molecule has 0 bridgehead atoms. The Kier molecular flexibility index (Phi) is 12.0. The van der Waals surface area contributed by atoms with Crippen LogP contribution in [0.3, 0.4) is 0 Å². The SMILES string of the molecule is C=C(CC/C=C(\C)CC/C=C(\C)CCC=C(C)C)COC. The Bertz CT molecular complexity index is 379.